The number of ether oxygens (including phenoxy) is 1. The summed E-state index contributed by atoms with van der Waals surface area (Å²) in [5, 5.41) is 3.73. The number of hydrogen-bond donors (Lipinski definition) is 1. The van der Waals surface area contributed by atoms with E-state index in [1.54, 1.807) is 18.2 Å². The van der Waals surface area contributed by atoms with Crippen LogP contribution in [0.15, 0.2) is 39.2 Å². The Kier molecular flexibility index (Phi) is 4.50. The first-order valence-corrected chi connectivity index (χ1v) is 6.63. The molecule has 100 valence electrons. The highest BCUT2D eigenvalue weighted by molar-refractivity contribution is 9.10. The number of halogens is 2. The third kappa shape index (κ3) is 3.52. The summed E-state index contributed by atoms with van der Waals surface area (Å²) in [6, 6.07) is 8.83. The molecule has 1 N–H and O–H groups in total. The highest BCUT2D eigenvalue weighted by atomic mass is 79.9. The van der Waals surface area contributed by atoms with Crippen molar-refractivity contribution in [3.05, 3.63) is 51.3 Å². The Balaban J connectivity index is 2.02. The van der Waals surface area contributed by atoms with Gasteiger partial charge in [0.15, 0.2) is 0 Å². The Morgan fingerprint density at radius 2 is 2.21 bits per heavy atom. The Morgan fingerprint density at radius 1 is 1.42 bits per heavy atom. The number of hydrogen-bond acceptors (Lipinski definition) is 4. The zero-order chi connectivity index (χ0) is 13.8. The minimum atomic E-state index is -0.493. The molecule has 0 amide bonds. The first-order valence-electron chi connectivity index (χ1n) is 5.46. The number of esters is 1. The van der Waals surface area contributed by atoms with E-state index < -0.39 is 5.97 Å². The summed E-state index contributed by atoms with van der Waals surface area (Å²) in [5.41, 5.74) is 0.792. The molecule has 0 bridgehead atoms. The van der Waals surface area contributed by atoms with E-state index in [1.807, 2.05) is 12.1 Å². The SMILES string of the molecule is COC(=O)c1ccc(CNc2ccc(Br)cc2Cl)o1. The lowest BCUT2D eigenvalue weighted by Crippen LogP contribution is -2.00. The van der Waals surface area contributed by atoms with Crippen LogP contribution < -0.4 is 5.32 Å². The van der Waals surface area contributed by atoms with Gasteiger partial charge in [0.1, 0.15) is 5.76 Å². The molecule has 0 aliphatic carbocycles. The molecule has 1 aromatic carbocycles. The van der Waals surface area contributed by atoms with E-state index >= 15 is 0 Å². The van der Waals surface area contributed by atoms with Gasteiger partial charge in [-0.05, 0) is 30.3 Å². The van der Waals surface area contributed by atoms with Crippen LogP contribution >= 0.6 is 27.5 Å². The topological polar surface area (TPSA) is 51.5 Å². The molecule has 0 radical (unpaired) electrons. The van der Waals surface area contributed by atoms with Crippen LogP contribution in [-0.4, -0.2) is 13.1 Å². The van der Waals surface area contributed by atoms with Gasteiger partial charge in [-0.3, -0.25) is 0 Å². The van der Waals surface area contributed by atoms with Crippen LogP contribution in [0.2, 0.25) is 5.02 Å². The Morgan fingerprint density at radius 3 is 2.89 bits per heavy atom. The summed E-state index contributed by atoms with van der Waals surface area (Å²) in [6.07, 6.45) is 0. The van der Waals surface area contributed by atoms with Crippen molar-refractivity contribution in [3.63, 3.8) is 0 Å². The average Bonchev–Trinajstić information content (AvgIpc) is 2.85. The monoisotopic (exact) mass is 343 g/mol. The molecule has 19 heavy (non-hydrogen) atoms. The van der Waals surface area contributed by atoms with Gasteiger partial charge < -0.3 is 14.5 Å². The molecule has 2 aromatic rings. The molecule has 0 spiro atoms. The summed E-state index contributed by atoms with van der Waals surface area (Å²) < 4.78 is 10.8. The fourth-order valence-electron chi connectivity index (χ4n) is 1.50. The van der Waals surface area contributed by atoms with Crippen LogP contribution in [0.4, 0.5) is 5.69 Å². The van der Waals surface area contributed by atoms with Crippen LogP contribution in [0.25, 0.3) is 0 Å². The Hall–Kier alpha value is -1.46. The Bertz CT molecular complexity index is 597. The number of anilines is 1. The summed E-state index contributed by atoms with van der Waals surface area (Å²) in [7, 11) is 1.31. The lowest BCUT2D eigenvalue weighted by molar-refractivity contribution is 0.0563. The van der Waals surface area contributed by atoms with Crippen molar-refractivity contribution in [2.24, 2.45) is 0 Å². The van der Waals surface area contributed by atoms with Crippen molar-refractivity contribution >= 4 is 39.2 Å². The quantitative estimate of drug-likeness (QED) is 0.849. The van der Waals surface area contributed by atoms with Crippen LogP contribution in [0.1, 0.15) is 16.3 Å². The van der Waals surface area contributed by atoms with Gasteiger partial charge in [0.05, 0.1) is 24.4 Å². The second kappa shape index (κ2) is 6.12. The van der Waals surface area contributed by atoms with Gasteiger partial charge in [0.25, 0.3) is 0 Å². The highest BCUT2D eigenvalue weighted by Crippen LogP contribution is 2.26. The van der Waals surface area contributed by atoms with E-state index in [2.05, 4.69) is 26.0 Å². The minimum absolute atomic E-state index is 0.182. The molecular formula is C13H11BrClNO3. The van der Waals surface area contributed by atoms with E-state index in [1.165, 1.54) is 7.11 Å². The van der Waals surface area contributed by atoms with Crippen LogP contribution in [0, 0.1) is 0 Å². The van der Waals surface area contributed by atoms with Crippen molar-refractivity contribution in [2.75, 3.05) is 12.4 Å². The number of furan rings is 1. The zero-order valence-corrected chi connectivity index (χ0v) is 12.4. The molecule has 0 unspecified atom stereocenters. The van der Waals surface area contributed by atoms with Gasteiger partial charge in [-0.25, -0.2) is 4.79 Å². The van der Waals surface area contributed by atoms with Crippen LogP contribution in [0.3, 0.4) is 0 Å². The summed E-state index contributed by atoms with van der Waals surface area (Å²) in [4.78, 5) is 11.2. The average molecular weight is 345 g/mol. The van der Waals surface area contributed by atoms with Crippen LogP contribution in [0.5, 0.6) is 0 Å². The molecule has 1 aromatic heterocycles. The molecule has 4 nitrogen and oxygen atoms in total. The largest absolute Gasteiger partial charge is 0.463 e. The highest BCUT2D eigenvalue weighted by Gasteiger charge is 2.11. The van der Waals surface area contributed by atoms with E-state index in [-0.39, 0.29) is 5.76 Å². The maximum Gasteiger partial charge on any atom is 0.373 e. The summed E-state index contributed by atoms with van der Waals surface area (Å²) in [6.45, 7) is 0.429. The molecule has 0 fully saturated rings. The van der Waals surface area contributed by atoms with E-state index in [4.69, 9.17) is 16.0 Å². The number of benzene rings is 1. The van der Waals surface area contributed by atoms with Gasteiger partial charge in [-0.2, -0.15) is 0 Å². The van der Waals surface area contributed by atoms with Crippen molar-refractivity contribution in [1.82, 2.24) is 0 Å². The summed E-state index contributed by atoms with van der Waals surface area (Å²) in [5.74, 6) is 0.313. The van der Waals surface area contributed by atoms with E-state index in [0.717, 1.165) is 10.2 Å². The molecule has 0 saturated carbocycles. The van der Waals surface area contributed by atoms with E-state index in [0.29, 0.717) is 17.3 Å². The van der Waals surface area contributed by atoms with Gasteiger partial charge in [0.2, 0.25) is 5.76 Å². The van der Waals surface area contributed by atoms with Crippen molar-refractivity contribution in [2.45, 2.75) is 6.54 Å². The third-order valence-corrected chi connectivity index (χ3v) is 3.24. The molecule has 0 aliphatic rings. The molecule has 0 saturated heterocycles. The lowest BCUT2D eigenvalue weighted by atomic mass is 10.3. The minimum Gasteiger partial charge on any atom is -0.463 e. The first-order chi connectivity index (χ1) is 9.10. The zero-order valence-electron chi connectivity index (χ0n) is 10.1. The predicted molar refractivity (Wildman–Crippen MR) is 76.5 cm³/mol. The first kappa shape index (κ1) is 14.0. The second-order valence-corrected chi connectivity index (χ2v) is 5.06. The number of rotatable bonds is 4. The van der Waals surface area contributed by atoms with Gasteiger partial charge in [0, 0.05) is 4.47 Å². The smallest absolute Gasteiger partial charge is 0.373 e. The third-order valence-electron chi connectivity index (χ3n) is 2.43. The lowest BCUT2D eigenvalue weighted by Gasteiger charge is -2.06. The molecule has 2 rings (SSSR count). The van der Waals surface area contributed by atoms with Gasteiger partial charge >= 0.3 is 5.97 Å². The van der Waals surface area contributed by atoms with Crippen LogP contribution in [-0.2, 0) is 11.3 Å². The fraction of sp³-hybridized carbons (Fsp3) is 0.154. The van der Waals surface area contributed by atoms with Crippen molar-refractivity contribution < 1.29 is 13.9 Å². The van der Waals surface area contributed by atoms with Gasteiger partial charge in [-0.15, -0.1) is 0 Å². The van der Waals surface area contributed by atoms with Crippen molar-refractivity contribution in [3.8, 4) is 0 Å². The van der Waals surface area contributed by atoms with Gasteiger partial charge in [-0.1, -0.05) is 27.5 Å². The van der Waals surface area contributed by atoms with Crippen molar-refractivity contribution in [1.29, 1.82) is 0 Å². The number of methoxy groups -OCH3 is 1. The molecule has 0 atom stereocenters. The number of carbonyl (C=O) groups is 1. The maximum atomic E-state index is 11.2. The normalized spacial score (nSPS) is 10.3. The number of nitrogens with one attached hydrogen (secondary N) is 1. The van der Waals surface area contributed by atoms with E-state index in [9.17, 15) is 4.79 Å². The standard InChI is InChI=1S/C13H11BrClNO3/c1-18-13(17)12-5-3-9(19-12)7-16-11-4-2-8(14)6-10(11)15/h2-6,16H,7H2,1H3. The predicted octanol–water partition coefficient (Wildman–Crippen LogP) is 4.09. The molecule has 6 heteroatoms. The maximum absolute atomic E-state index is 11.2. The second-order valence-electron chi connectivity index (χ2n) is 3.74. The number of carbonyl (C=O) groups excluding carboxylic acids is 1. The molecule has 0 aliphatic heterocycles. The fourth-order valence-corrected chi connectivity index (χ4v) is 2.24. The molecular weight excluding hydrogens is 334 g/mol. The Labute approximate surface area is 123 Å². The summed E-state index contributed by atoms with van der Waals surface area (Å²) >= 11 is 9.41. The molecule has 1 heterocycles.